The van der Waals surface area contributed by atoms with Gasteiger partial charge in [-0.1, -0.05) is 12.1 Å². The maximum atomic E-state index is 13.3. The molecule has 0 bridgehead atoms. The van der Waals surface area contributed by atoms with Crippen LogP contribution in [0.5, 0.6) is 0 Å². The Morgan fingerprint density at radius 2 is 2.11 bits per heavy atom. The summed E-state index contributed by atoms with van der Waals surface area (Å²) in [5.41, 5.74) is 11.4. The number of hydrogen-bond acceptors (Lipinski definition) is 2. The minimum atomic E-state index is -0.181. The van der Waals surface area contributed by atoms with E-state index in [1.807, 2.05) is 24.4 Å². The van der Waals surface area contributed by atoms with Crippen LogP contribution in [0.15, 0.2) is 48.4 Å². The van der Waals surface area contributed by atoms with E-state index in [4.69, 9.17) is 5.73 Å². The number of benzene rings is 1. The largest absolute Gasteiger partial charge is 0.402 e. The summed E-state index contributed by atoms with van der Waals surface area (Å²) >= 11 is 0. The van der Waals surface area contributed by atoms with Gasteiger partial charge < -0.3 is 5.73 Å². The molecule has 0 radical (unpaired) electrons. The predicted molar refractivity (Wildman–Crippen MR) is 73.8 cm³/mol. The van der Waals surface area contributed by atoms with Crippen LogP contribution in [0.3, 0.4) is 0 Å². The van der Waals surface area contributed by atoms with Crippen LogP contribution in [0, 0.1) is 5.82 Å². The zero-order valence-corrected chi connectivity index (χ0v) is 10.6. The van der Waals surface area contributed by atoms with Crippen molar-refractivity contribution in [3.63, 3.8) is 0 Å². The fourth-order valence-corrected chi connectivity index (χ4v) is 2.57. The lowest BCUT2D eigenvalue weighted by atomic mass is 9.86. The topological polar surface area (TPSA) is 38.9 Å². The van der Waals surface area contributed by atoms with Crippen LogP contribution in [-0.4, -0.2) is 4.98 Å². The van der Waals surface area contributed by atoms with E-state index in [1.165, 1.54) is 6.07 Å². The van der Waals surface area contributed by atoms with Gasteiger partial charge in [0.05, 0.1) is 0 Å². The molecule has 1 heterocycles. The average Bonchev–Trinajstić information content (AvgIpc) is 2.43. The van der Waals surface area contributed by atoms with Gasteiger partial charge in [-0.3, -0.25) is 4.98 Å². The van der Waals surface area contributed by atoms with Crippen LogP contribution in [-0.2, 0) is 12.8 Å². The molecule has 19 heavy (non-hydrogen) atoms. The molecule has 3 rings (SSSR count). The van der Waals surface area contributed by atoms with Crippen LogP contribution in [0.25, 0.3) is 5.57 Å². The van der Waals surface area contributed by atoms with Crippen LogP contribution < -0.4 is 5.73 Å². The van der Waals surface area contributed by atoms with Gasteiger partial charge in [-0.05, 0) is 53.3 Å². The Morgan fingerprint density at radius 3 is 2.89 bits per heavy atom. The van der Waals surface area contributed by atoms with Crippen LogP contribution >= 0.6 is 0 Å². The first kappa shape index (κ1) is 11.9. The molecule has 0 saturated heterocycles. The third-order valence-electron chi connectivity index (χ3n) is 3.55. The summed E-state index contributed by atoms with van der Waals surface area (Å²) in [6.07, 6.45) is 5.96. The van der Waals surface area contributed by atoms with Crippen molar-refractivity contribution in [3.05, 3.63) is 70.9 Å². The normalized spacial score (nSPS) is 14.4. The molecule has 0 unspecified atom stereocenters. The number of pyridine rings is 1. The van der Waals surface area contributed by atoms with E-state index in [1.54, 1.807) is 12.3 Å². The van der Waals surface area contributed by atoms with Crippen LogP contribution in [0.4, 0.5) is 4.39 Å². The third kappa shape index (κ3) is 2.36. The lowest BCUT2D eigenvalue weighted by Crippen LogP contribution is -2.13. The van der Waals surface area contributed by atoms with Crippen molar-refractivity contribution in [1.29, 1.82) is 0 Å². The van der Waals surface area contributed by atoms with Crippen LogP contribution in [0.2, 0.25) is 0 Å². The van der Waals surface area contributed by atoms with E-state index < -0.39 is 0 Å². The van der Waals surface area contributed by atoms with Gasteiger partial charge in [0.2, 0.25) is 0 Å². The van der Waals surface area contributed by atoms with Crippen molar-refractivity contribution in [1.82, 2.24) is 4.98 Å². The molecule has 0 atom stereocenters. The van der Waals surface area contributed by atoms with Crippen molar-refractivity contribution >= 4 is 5.57 Å². The molecule has 0 spiro atoms. The third-order valence-corrected chi connectivity index (χ3v) is 3.55. The molecule has 2 N–H and O–H groups in total. The molecule has 2 nitrogen and oxygen atoms in total. The highest BCUT2D eigenvalue weighted by Gasteiger charge is 2.18. The molecule has 3 heteroatoms. The standard InChI is InChI=1S/C16H15FN2/c17-13-4-5-14-12(9-13)3-6-16(18)15(14)8-11-2-1-7-19-10-11/h1-2,4-5,7,9-10H,3,6,8,18H2. The Bertz CT molecular complexity index is 632. The van der Waals surface area contributed by atoms with Crippen molar-refractivity contribution in [2.45, 2.75) is 19.3 Å². The summed E-state index contributed by atoms with van der Waals surface area (Å²) in [5.74, 6) is -0.181. The molecule has 0 fully saturated rings. The van der Waals surface area contributed by atoms with Gasteiger partial charge in [-0.15, -0.1) is 0 Å². The number of allylic oxidation sites excluding steroid dienone is 2. The fraction of sp³-hybridized carbons (Fsp3) is 0.188. The SMILES string of the molecule is NC1=C(Cc2cccnc2)c2ccc(F)cc2CC1. The van der Waals surface area contributed by atoms with Gasteiger partial charge in [-0.25, -0.2) is 4.39 Å². The van der Waals surface area contributed by atoms with Crippen molar-refractivity contribution < 1.29 is 4.39 Å². The molecule has 1 aromatic heterocycles. The molecule has 0 amide bonds. The van der Waals surface area contributed by atoms with E-state index >= 15 is 0 Å². The Kier molecular flexibility index (Phi) is 3.03. The van der Waals surface area contributed by atoms with Gasteiger partial charge in [0.1, 0.15) is 5.82 Å². The van der Waals surface area contributed by atoms with E-state index in [9.17, 15) is 4.39 Å². The highest BCUT2D eigenvalue weighted by molar-refractivity contribution is 5.74. The molecule has 1 aliphatic rings. The summed E-state index contributed by atoms with van der Waals surface area (Å²) in [7, 11) is 0. The number of rotatable bonds is 2. The fourth-order valence-electron chi connectivity index (χ4n) is 2.57. The number of aromatic nitrogens is 1. The second-order valence-corrected chi connectivity index (χ2v) is 4.84. The lowest BCUT2D eigenvalue weighted by Gasteiger charge is -2.21. The molecular weight excluding hydrogens is 239 g/mol. The Hall–Kier alpha value is -2.16. The second-order valence-electron chi connectivity index (χ2n) is 4.84. The molecule has 0 saturated carbocycles. The molecule has 1 aliphatic carbocycles. The maximum Gasteiger partial charge on any atom is 0.123 e. The number of nitrogens with two attached hydrogens (primary N) is 1. The van der Waals surface area contributed by atoms with Gasteiger partial charge in [0.25, 0.3) is 0 Å². The Morgan fingerprint density at radius 1 is 1.21 bits per heavy atom. The molecule has 1 aromatic carbocycles. The summed E-state index contributed by atoms with van der Waals surface area (Å²) in [5, 5.41) is 0. The van der Waals surface area contributed by atoms with Gasteiger partial charge in [0.15, 0.2) is 0 Å². The van der Waals surface area contributed by atoms with Gasteiger partial charge in [-0.2, -0.15) is 0 Å². The van der Waals surface area contributed by atoms with E-state index in [2.05, 4.69) is 4.98 Å². The minimum Gasteiger partial charge on any atom is -0.402 e. The number of hydrogen-bond donors (Lipinski definition) is 1. The quantitative estimate of drug-likeness (QED) is 0.894. The second kappa shape index (κ2) is 4.84. The molecule has 2 aromatic rings. The Balaban J connectivity index is 2.00. The number of aryl methyl sites for hydroxylation is 1. The van der Waals surface area contributed by atoms with E-state index in [0.717, 1.165) is 47.2 Å². The minimum absolute atomic E-state index is 0.181. The number of nitrogens with zero attached hydrogens (tertiary/aromatic N) is 1. The van der Waals surface area contributed by atoms with Gasteiger partial charge >= 0.3 is 0 Å². The number of halogens is 1. The summed E-state index contributed by atoms with van der Waals surface area (Å²) < 4.78 is 13.3. The van der Waals surface area contributed by atoms with Crippen molar-refractivity contribution in [2.75, 3.05) is 0 Å². The first-order valence-electron chi connectivity index (χ1n) is 6.39. The molecule has 0 aliphatic heterocycles. The highest BCUT2D eigenvalue weighted by Crippen LogP contribution is 2.31. The van der Waals surface area contributed by atoms with Crippen LogP contribution in [0.1, 0.15) is 23.1 Å². The average molecular weight is 254 g/mol. The van der Waals surface area contributed by atoms with Gasteiger partial charge in [0, 0.05) is 24.5 Å². The lowest BCUT2D eigenvalue weighted by molar-refractivity contribution is 0.624. The summed E-state index contributed by atoms with van der Waals surface area (Å²) in [6.45, 7) is 0. The maximum absolute atomic E-state index is 13.3. The zero-order valence-electron chi connectivity index (χ0n) is 10.6. The molecule has 96 valence electrons. The zero-order chi connectivity index (χ0) is 13.2. The van der Waals surface area contributed by atoms with E-state index in [-0.39, 0.29) is 5.82 Å². The molecular formula is C16H15FN2. The van der Waals surface area contributed by atoms with Crippen molar-refractivity contribution in [2.24, 2.45) is 5.73 Å². The number of fused-ring (bicyclic) bond motifs is 1. The Labute approximate surface area is 111 Å². The monoisotopic (exact) mass is 254 g/mol. The van der Waals surface area contributed by atoms with E-state index in [0.29, 0.717) is 0 Å². The first-order valence-corrected chi connectivity index (χ1v) is 6.39. The predicted octanol–water partition coefficient (Wildman–Crippen LogP) is 3.08. The summed E-state index contributed by atoms with van der Waals surface area (Å²) in [4.78, 5) is 4.12. The summed E-state index contributed by atoms with van der Waals surface area (Å²) in [6, 6.07) is 8.90. The first-order chi connectivity index (χ1) is 9.24. The van der Waals surface area contributed by atoms with Crippen molar-refractivity contribution in [3.8, 4) is 0 Å². The highest BCUT2D eigenvalue weighted by atomic mass is 19.1. The smallest absolute Gasteiger partial charge is 0.123 e.